The zero-order valence-electron chi connectivity index (χ0n) is 15.9. The minimum Gasteiger partial charge on any atom is -0.496 e. The zero-order valence-corrected chi connectivity index (χ0v) is 18.3. The first-order valence-corrected chi connectivity index (χ1v) is 10.6. The first-order chi connectivity index (χ1) is 13.3. The lowest BCUT2D eigenvalue weighted by Gasteiger charge is -2.19. The lowest BCUT2D eigenvalue weighted by Crippen LogP contribution is -2.34. The van der Waals surface area contributed by atoms with Crippen LogP contribution in [0.25, 0.3) is 32.1 Å². The molecule has 4 rings (SSSR count). The second-order valence-corrected chi connectivity index (χ2v) is 9.44. The van der Waals surface area contributed by atoms with E-state index in [-0.39, 0.29) is 11.1 Å². The third-order valence-electron chi connectivity index (χ3n) is 4.74. The van der Waals surface area contributed by atoms with Gasteiger partial charge in [0.15, 0.2) is 0 Å². The van der Waals surface area contributed by atoms with E-state index in [1.54, 1.807) is 7.11 Å². The molecule has 2 aromatic heterocycles. The van der Waals surface area contributed by atoms with Crippen LogP contribution in [0.5, 0.6) is 5.75 Å². The van der Waals surface area contributed by atoms with E-state index in [2.05, 4.69) is 45.2 Å². The third kappa shape index (κ3) is 3.36. The highest BCUT2D eigenvalue weighted by Crippen LogP contribution is 2.43. The van der Waals surface area contributed by atoms with Crippen LogP contribution in [-0.4, -0.2) is 17.6 Å². The smallest absolute Gasteiger partial charge is 0.266 e. The number of fused-ring (bicyclic) bond motifs is 3. The maximum atomic E-state index is 12.5. The molecule has 4 nitrogen and oxygen atoms in total. The Balaban J connectivity index is 2.02. The molecular formula is C22H21BrN2O2S. The molecule has 0 atom stereocenters. The number of ether oxygens (including phenoxy) is 1. The highest BCUT2D eigenvalue weighted by Gasteiger charge is 2.19. The number of benzene rings is 2. The van der Waals surface area contributed by atoms with Crippen molar-refractivity contribution in [3.8, 4) is 16.9 Å². The van der Waals surface area contributed by atoms with Gasteiger partial charge in [0, 0.05) is 26.3 Å². The molecule has 3 N–H and O–H groups in total. The number of thiophene rings is 1. The molecule has 0 unspecified atom stereocenters. The van der Waals surface area contributed by atoms with E-state index in [4.69, 9.17) is 10.5 Å². The molecule has 4 aromatic rings. The van der Waals surface area contributed by atoms with Gasteiger partial charge in [-0.2, -0.15) is 0 Å². The van der Waals surface area contributed by atoms with E-state index < -0.39 is 0 Å². The van der Waals surface area contributed by atoms with Gasteiger partial charge in [-0.3, -0.25) is 4.79 Å². The second kappa shape index (κ2) is 7.03. The van der Waals surface area contributed by atoms with E-state index >= 15 is 0 Å². The number of pyridine rings is 1. The van der Waals surface area contributed by atoms with Crippen molar-refractivity contribution in [2.45, 2.75) is 25.8 Å². The number of aromatic nitrogens is 1. The summed E-state index contributed by atoms with van der Waals surface area (Å²) in [5, 5.41) is 3.86. The van der Waals surface area contributed by atoms with Gasteiger partial charge >= 0.3 is 0 Å². The quantitative estimate of drug-likeness (QED) is 0.428. The molecule has 0 fully saturated rings. The van der Waals surface area contributed by atoms with Crippen LogP contribution < -0.4 is 16.0 Å². The fourth-order valence-electron chi connectivity index (χ4n) is 3.63. The molecule has 2 aromatic carbocycles. The van der Waals surface area contributed by atoms with Crippen LogP contribution in [0.4, 0.5) is 0 Å². The van der Waals surface area contributed by atoms with Crippen LogP contribution in [-0.2, 0) is 6.42 Å². The maximum Gasteiger partial charge on any atom is 0.266 e. The van der Waals surface area contributed by atoms with Gasteiger partial charge in [0.05, 0.1) is 12.6 Å². The number of nitrogens with two attached hydrogens (primary N) is 1. The number of hydrogen-bond donors (Lipinski definition) is 2. The summed E-state index contributed by atoms with van der Waals surface area (Å²) in [5.74, 6) is 0.755. The Labute approximate surface area is 175 Å². The van der Waals surface area contributed by atoms with E-state index in [0.29, 0.717) is 0 Å². The normalized spacial score (nSPS) is 12.0. The molecule has 6 heteroatoms. The molecular weight excluding hydrogens is 436 g/mol. The first kappa shape index (κ1) is 19.2. The standard InChI is InChI=1S/C22H21BrN2O2S/c1-22(2,24)11-12-4-6-13(7-5-12)17-16(27-3)10-15(23)19-18(17)14-8-9-28-20(14)21(26)25-19/h4-10H,11,24H2,1-3H3,(H,25,26). The number of methoxy groups -OCH3 is 1. The Hall–Kier alpha value is -2.15. The van der Waals surface area contributed by atoms with Crippen molar-refractivity contribution in [2.24, 2.45) is 5.73 Å². The number of H-pyrrole nitrogens is 1. The Morgan fingerprint density at radius 3 is 2.57 bits per heavy atom. The first-order valence-electron chi connectivity index (χ1n) is 8.96. The molecule has 2 heterocycles. The fraction of sp³-hybridized carbons (Fsp3) is 0.227. The van der Waals surface area contributed by atoms with Crippen LogP contribution in [0.1, 0.15) is 19.4 Å². The van der Waals surface area contributed by atoms with Gasteiger partial charge in [0.1, 0.15) is 10.4 Å². The van der Waals surface area contributed by atoms with Crippen molar-refractivity contribution in [3.05, 3.63) is 62.2 Å². The summed E-state index contributed by atoms with van der Waals surface area (Å²) < 4.78 is 7.24. The van der Waals surface area contributed by atoms with Gasteiger partial charge in [0.25, 0.3) is 5.56 Å². The fourth-order valence-corrected chi connectivity index (χ4v) is 4.93. The van der Waals surface area contributed by atoms with Crippen molar-refractivity contribution in [1.29, 1.82) is 0 Å². The van der Waals surface area contributed by atoms with Gasteiger partial charge in [-0.15, -0.1) is 11.3 Å². The summed E-state index contributed by atoms with van der Waals surface area (Å²) in [7, 11) is 1.67. The molecule has 144 valence electrons. The Bertz CT molecular complexity index is 1230. The van der Waals surface area contributed by atoms with Crippen molar-refractivity contribution in [1.82, 2.24) is 4.98 Å². The largest absolute Gasteiger partial charge is 0.496 e. The topological polar surface area (TPSA) is 68.1 Å². The second-order valence-electron chi connectivity index (χ2n) is 7.67. The SMILES string of the molecule is COc1cc(Br)c2[nH]c(=O)c3sccc3c2c1-c1ccc(CC(C)(C)N)cc1. The molecule has 0 aliphatic carbocycles. The minimum atomic E-state index is -0.258. The summed E-state index contributed by atoms with van der Waals surface area (Å²) in [5.41, 5.74) is 9.80. The zero-order chi connectivity index (χ0) is 20.1. The van der Waals surface area contributed by atoms with E-state index in [1.165, 1.54) is 16.9 Å². The predicted octanol–water partition coefficient (Wildman–Crippen LogP) is 5.46. The highest BCUT2D eigenvalue weighted by atomic mass is 79.9. The van der Waals surface area contributed by atoms with Gasteiger partial charge < -0.3 is 15.5 Å². The summed E-state index contributed by atoms with van der Waals surface area (Å²) in [6.45, 7) is 4.05. The Kier molecular flexibility index (Phi) is 4.81. The van der Waals surface area contributed by atoms with Crippen LogP contribution in [0.15, 0.2) is 51.0 Å². The number of aromatic amines is 1. The lowest BCUT2D eigenvalue weighted by atomic mass is 9.93. The van der Waals surface area contributed by atoms with Crippen LogP contribution >= 0.6 is 27.3 Å². The highest BCUT2D eigenvalue weighted by molar-refractivity contribution is 9.10. The Morgan fingerprint density at radius 2 is 1.93 bits per heavy atom. The molecule has 0 aliphatic heterocycles. The summed E-state index contributed by atoms with van der Waals surface area (Å²) >= 11 is 5.03. The van der Waals surface area contributed by atoms with Gasteiger partial charge in [-0.1, -0.05) is 24.3 Å². The molecule has 0 saturated carbocycles. The third-order valence-corrected chi connectivity index (χ3v) is 6.28. The molecule has 0 spiro atoms. The minimum absolute atomic E-state index is 0.0742. The summed E-state index contributed by atoms with van der Waals surface area (Å²) in [4.78, 5) is 15.5. The van der Waals surface area contributed by atoms with Crippen molar-refractivity contribution in [2.75, 3.05) is 7.11 Å². The molecule has 0 radical (unpaired) electrons. The molecule has 28 heavy (non-hydrogen) atoms. The number of halogens is 1. The van der Waals surface area contributed by atoms with Crippen LogP contribution in [0, 0.1) is 0 Å². The van der Waals surface area contributed by atoms with Crippen LogP contribution in [0.3, 0.4) is 0 Å². The van der Waals surface area contributed by atoms with Gasteiger partial charge in [-0.25, -0.2) is 0 Å². The van der Waals surface area contributed by atoms with Gasteiger partial charge in [0.2, 0.25) is 0 Å². The van der Waals surface area contributed by atoms with E-state index in [9.17, 15) is 4.79 Å². The van der Waals surface area contributed by atoms with Crippen molar-refractivity contribution in [3.63, 3.8) is 0 Å². The Morgan fingerprint density at radius 1 is 1.21 bits per heavy atom. The number of hydrogen-bond acceptors (Lipinski definition) is 4. The number of nitrogens with one attached hydrogen (secondary N) is 1. The lowest BCUT2D eigenvalue weighted by molar-refractivity contribution is 0.416. The summed E-state index contributed by atoms with van der Waals surface area (Å²) in [6, 6.07) is 12.3. The van der Waals surface area contributed by atoms with E-state index in [1.807, 2.05) is 31.4 Å². The average Bonchev–Trinajstić information content (AvgIpc) is 3.12. The molecule has 0 aliphatic rings. The van der Waals surface area contributed by atoms with Crippen molar-refractivity contribution < 1.29 is 4.74 Å². The maximum absolute atomic E-state index is 12.5. The average molecular weight is 457 g/mol. The predicted molar refractivity (Wildman–Crippen MR) is 122 cm³/mol. The van der Waals surface area contributed by atoms with Crippen molar-refractivity contribution >= 4 is 48.3 Å². The molecule has 0 amide bonds. The van der Waals surface area contributed by atoms with Crippen LogP contribution in [0.2, 0.25) is 0 Å². The summed E-state index contributed by atoms with van der Waals surface area (Å²) in [6.07, 6.45) is 0.799. The molecule has 0 bridgehead atoms. The molecule has 0 saturated heterocycles. The van der Waals surface area contributed by atoms with Gasteiger partial charge in [-0.05, 0) is 64.8 Å². The number of rotatable bonds is 4. The van der Waals surface area contributed by atoms with E-state index in [0.717, 1.165) is 48.8 Å². The monoisotopic (exact) mass is 456 g/mol.